The summed E-state index contributed by atoms with van der Waals surface area (Å²) < 4.78 is 0.710. The number of nitrogens with zero attached hydrogens (tertiary/aromatic N) is 2. The summed E-state index contributed by atoms with van der Waals surface area (Å²) in [5.41, 5.74) is 7.48. The third-order valence-corrected chi connectivity index (χ3v) is 4.20. The van der Waals surface area contributed by atoms with Crippen LogP contribution in [0.3, 0.4) is 0 Å². The molecule has 5 nitrogen and oxygen atoms in total. The van der Waals surface area contributed by atoms with Gasteiger partial charge in [0.25, 0.3) is 5.91 Å². The van der Waals surface area contributed by atoms with Gasteiger partial charge in [0.2, 0.25) is 0 Å². The Morgan fingerprint density at radius 3 is 2.75 bits per heavy atom. The summed E-state index contributed by atoms with van der Waals surface area (Å²) in [6.07, 6.45) is 0. The number of thiophene rings is 1. The van der Waals surface area contributed by atoms with Crippen molar-refractivity contribution in [2.24, 2.45) is 0 Å². The lowest BCUT2D eigenvalue weighted by molar-refractivity contribution is 0.0781. The largest absolute Gasteiger partial charge is 0.395 e. The van der Waals surface area contributed by atoms with E-state index in [-0.39, 0.29) is 17.5 Å². The molecule has 3 N–H and O–H groups in total. The van der Waals surface area contributed by atoms with Crippen LogP contribution >= 0.6 is 22.9 Å². The zero-order valence-electron chi connectivity index (χ0n) is 11.6. The molecule has 0 radical (unpaired) electrons. The fourth-order valence-electron chi connectivity index (χ4n) is 1.89. The van der Waals surface area contributed by atoms with Gasteiger partial charge in [0.05, 0.1) is 22.3 Å². The van der Waals surface area contributed by atoms with E-state index in [1.165, 1.54) is 11.3 Å². The van der Waals surface area contributed by atoms with Crippen LogP contribution in [0.25, 0.3) is 0 Å². The molecule has 0 saturated heterocycles. The van der Waals surface area contributed by atoms with Crippen LogP contribution < -0.4 is 5.73 Å². The van der Waals surface area contributed by atoms with Crippen molar-refractivity contribution in [3.05, 3.63) is 32.7 Å². The molecule has 108 valence electrons. The SMILES string of the molecule is CC(C)c1[nH]nc(C(=O)N(C)Cc2ccc(Cl)s2)c1N. The maximum Gasteiger partial charge on any atom is 0.276 e. The molecule has 0 unspecified atom stereocenters. The lowest BCUT2D eigenvalue weighted by Gasteiger charge is -2.15. The standard InChI is InChI=1S/C13H17ClN4OS/c1-7(2)11-10(15)12(17-16-11)13(19)18(3)6-8-4-5-9(14)20-8/h4-5,7H,6,15H2,1-3H3,(H,16,17). The normalized spacial score (nSPS) is 11.1. The molecule has 7 heteroatoms. The number of carbonyl (C=O) groups is 1. The van der Waals surface area contributed by atoms with E-state index < -0.39 is 0 Å². The molecule has 0 atom stereocenters. The summed E-state index contributed by atoms with van der Waals surface area (Å²) in [6.45, 7) is 4.48. The summed E-state index contributed by atoms with van der Waals surface area (Å²) in [5, 5.41) is 6.88. The summed E-state index contributed by atoms with van der Waals surface area (Å²) in [7, 11) is 1.72. The number of nitrogens with one attached hydrogen (secondary N) is 1. The monoisotopic (exact) mass is 312 g/mol. The van der Waals surface area contributed by atoms with E-state index in [9.17, 15) is 4.79 Å². The highest BCUT2D eigenvalue weighted by Crippen LogP contribution is 2.25. The Morgan fingerprint density at radius 1 is 1.55 bits per heavy atom. The Morgan fingerprint density at radius 2 is 2.25 bits per heavy atom. The van der Waals surface area contributed by atoms with Crippen molar-refractivity contribution >= 4 is 34.5 Å². The second kappa shape index (κ2) is 5.85. The van der Waals surface area contributed by atoms with Crippen LogP contribution in [0.1, 0.15) is 40.8 Å². The molecule has 0 aromatic carbocycles. The zero-order chi connectivity index (χ0) is 14.9. The van der Waals surface area contributed by atoms with Gasteiger partial charge < -0.3 is 10.6 Å². The van der Waals surface area contributed by atoms with Crippen LogP contribution in [0.2, 0.25) is 4.34 Å². The van der Waals surface area contributed by atoms with Gasteiger partial charge in [0, 0.05) is 11.9 Å². The van der Waals surface area contributed by atoms with Gasteiger partial charge in [-0.05, 0) is 18.1 Å². The van der Waals surface area contributed by atoms with Gasteiger partial charge in [0.15, 0.2) is 5.69 Å². The molecule has 0 aliphatic heterocycles. The van der Waals surface area contributed by atoms with Crippen molar-refractivity contribution in [1.82, 2.24) is 15.1 Å². The molecule has 0 spiro atoms. The van der Waals surface area contributed by atoms with Gasteiger partial charge in [-0.2, -0.15) is 5.10 Å². The molecule has 0 aliphatic rings. The number of anilines is 1. The first-order chi connectivity index (χ1) is 9.40. The summed E-state index contributed by atoms with van der Waals surface area (Å²) in [4.78, 5) is 14.9. The number of nitrogen functional groups attached to an aromatic ring is 1. The lowest BCUT2D eigenvalue weighted by Crippen LogP contribution is -2.26. The van der Waals surface area contributed by atoms with Crippen molar-refractivity contribution < 1.29 is 4.79 Å². The molecule has 20 heavy (non-hydrogen) atoms. The second-order valence-electron chi connectivity index (χ2n) is 4.92. The predicted molar refractivity (Wildman–Crippen MR) is 82.2 cm³/mol. The number of hydrogen-bond donors (Lipinski definition) is 2. The highest BCUT2D eigenvalue weighted by atomic mass is 35.5. The van der Waals surface area contributed by atoms with Crippen molar-refractivity contribution in [2.75, 3.05) is 12.8 Å². The van der Waals surface area contributed by atoms with Crippen molar-refractivity contribution in [3.63, 3.8) is 0 Å². The van der Waals surface area contributed by atoms with E-state index in [1.54, 1.807) is 11.9 Å². The number of rotatable bonds is 4. The molecule has 2 heterocycles. The van der Waals surface area contributed by atoms with E-state index in [2.05, 4.69) is 10.2 Å². The highest BCUT2D eigenvalue weighted by Gasteiger charge is 2.22. The Hall–Kier alpha value is -1.53. The van der Waals surface area contributed by atoms with E-state index >= 15 is 0 Å². The lowest BCUT2D eigenvalue weighted by atomic mass is 10.1. The quantitative estimate of drug-likeness (QED) is 0.911. The van der Waals surface area contributed by atoms with Crippen molar-refractivity contribution in [2.45, 2.75) is 26.3 Å². The Bertz CT molecular complexity index is 620. The van der Waals surface area contributed by atoms with Crippen molar-refractivity contribution in [3.8, 4) is 0 Å². The van der Waals surface area contributed by atoms with Crippen LogP contribution in [0.15, 0.2) is 12.1 Å². The number of hydrogen-bond acceptors (Lipinski definition) is 4. The van der Waals surface area contributed by atoms with Crippen LogP contribution in [-0.4, -0.2) is 28.1 Å². The maximum atomic E-state index is 12.3. The van der Waals surface area contributed by atoms with Gasteiger partial charge in [-0.1, -0.05) is 25.4 Å². The Kier molecular flexibility index (Phi) is 4.35. The first-order valence-electron chi connectivity index (χ1n) is 6.23. The minimum atomic E-state index is -0.199. The van der Waals surface area contributed by atoms with Crippen LogP contribution in [-0.2, 0) is 6.54 Å². The fourth-order valence-corrected chi connectivity index (χ4v) is 3.03. The molecule has 2 aromatic heterocycles. The number of aromatic amines is 1. The van der Waals surface area contributed by atoms with Crippen LogP contribution in [0.5, 0.6) is 0 Å². The van der Waals surface area contributed by atoms with Gasteiger partial charge in [-0.15, -0.1) is 11.3 Å². The minimum absolute atomic E-state index is 0.199. The molecule has 0 bridgehead atoms. The maximum absolute atomic E-state index is 12.3. The van der Waals surface area contributed by atoms with E-state index in [0.717, 1.165) is 10.6 Å². The topological polar surface area (TPSA) is 75.0 Å². The molecule has 2 rings (SSSR count). The molecule has 0 aliphatic carbocycles. The first kappa shape index (κ1) is 14.9. The first-order valence-corrected chi connectivity index (χ1v) is 7.43. The smallest absolute Gasteiger partial charge is 0.276 e. The molecule has 0 saturated carbocycles. The van der Waals surface area contributed by atoms with E-state index in [0.29, 0.717) is 16.6 Å². The Labute approximate surface area is 126 Å². The number of carbonyl (C=O) groups excluding carboxylic acids is 1. The van der Waals surface area contributed by atoms with Gasteiger partial charge in [0.1, 0.15) is 0 Å². The molecular formula is C13H17ClN4OS. The summed E-state index contributed by atoms with van der Waals surface area (Å²) >= 11 is 7.34. The molecule has 2 aromatic rings. The van der Waals surface area contributed by atoms with E-state index in [4.69, 9.17) is 17.3 Å². The minimum Gasteiger partial charge on any atom is -0.395 e. The average Bonchev–Trinajstić information content (AvgIpc) is 2.94. The number of aromatic nitrogens is 2. The summed E-state index contributed by atoms with van der Waals surface area (Å²) in [6, 6.07) is 3.73. The van der Waals surface area contributed by atoms with Gasteiger partial charge >= 0.3 is 0 Å². The highest BCUT2D eigenvalue weighted by molar-refractivity contribution is 7.16. The van der Waals surface area contributed by atoms with Gasteiger partial charge in [-0.3, -0.25) is 9.89 Å². The van der Waals surface area contributed by atoms with Gasteiger partial charge in [-0.25, -0.2) is 0 Å². The van der Waals surface area contributed by atoms with Crippen molar-refractivity contribution in [1.29, 1.82) is 0 Å². The third kappa shape index (κ3) is 2.96. The van der Waals surface area contributed by atoms with Crippen LogP contribution in [0, 0.1) is 0 Å². The fraction of sp³-hybridized carbons (Fsp3) is 0.385. The second-order valence-corrected chi connectivity index (χ2v) is 6.72. The third-order valence-electron chi connectivity index (χ3n) is 2.98. The predicted octanol–water partition coefficient (Wildman–Crippen LogP) is 3.10. The number of amides is 1. The molecule has 0 fully saturated rings. The Balaban J connectivity index is 2.14. The number of nitrogens with two attached hydrogens (primary N) is 1. The van der Waals surface area contributed by atoms with Crippen LogP contribution in [0.4, 0.5) is 5.69 Å². The molecular weight excluding hydrogens is 296 g/mol. The number of H-pyrrole nitrogens is 1. The molecule has 1 amide bonds. The van der Waals surface area contributed by atoms with E-state index in [1.807, 2.05) is 26.0 Å². The number of halogens is 1. The summed E-state index contributed by atoms with van der Waals surface area (Å²) in [5.74, 6) is 0.000584. The zero-order valence-corrected chi connectivity index (χ0v) is 13.2. The average molecular weight is 313 g/mol.